The molecule has 0 bridgehead atoms. The number of rotatable bonds is 8. The summed E-state index contributed by atoms with van der Waals surface area (Å²) >= 11 is 0. The van der Waals surface area contributed by atoms with Crippen LogP contribution in [0.5, 0.6) is 0 Å². The van der Waals surface area contributed by atoms with Crippen LogP contribution in [0.3, 0.4) is 0 Å². The van der Waals surface area contributed by atoms with Crippen LogP contribution in [0.25, 0.3) is 6.08 Å². The van der Waals surface area contributed by atoms with Crippen LogP contribution < -0.4 is 0 Å². The highest BCUT2D eigenvalue weighted by Gasteiger charge is 1.99. The third-order valence-electron chi connectivity index (χ3n) is 2.74. The summed E-state index contributed by atoms with van der Waals surface area (Å²) in [4.78, 5) is 11.4. The van der Waals surface area contributed by atoms with Crippen LogP contribution in [0.4, 0.5) is 0 Å². The fraction of sp³-hybridized carbons (Fsp3) is 0.438. The zero-order chi connectivity index (χ0) is 13.1. The average molecular weight is 246 g/mol. The molecule has 0 aliphatic heterocycles. The maximum atomic E-state index is 11.4. The molecule has 0 aromatic heterocycles. The van der Waals surface area contributed by atoms with Crippen molar-refractivity contribution in [3.8, 4) is 0 Å². The van der Waals surface area contributed by atoms with E-state index in [1.807, 2.05) is 30.3 Å². The molecule has 18 heavy (non-hydrogen) atoms. The van der Waals surface area contributed by atoms with Gasteiger partial charge in [0.05, 0.1) is 6.26 Å². The van der Waals surface area contributed by atoms with E-state index >= 15 is 0 Å². The summed E-state index contributed by atoms with van der Waals surface area (Å²) in [7, 11) is 0. The third-order valence-corrected chi connectivity index (χ3v) is 2.74. The molecule has 1 rings (SSSR count). The van der Waals surface area contributed by atoms with Crippen molar-refractivity contribution in [2.24, 2.45) is 0 Å². The lowest BCUT2D eigenvalue weighted by atomic mass is 10.1. The Morgan fingerprint density at radius 2 is 1.83 bits per heavy atom. The molecule has 0 heterocycles. The van der Waals surface area contributed by atoms with Crippen molar-refractivity contribution in [3.63, 3.8) is 0 Å². The van der Waals surface area contributed by atoms with Gasteiger partial charge in [0.1, 0.15) is 0 Å². The predicted molar refractivity (Wildman–Crippen MR) is 74.9 cm³/mol. The SMILES string of the molecule is CCCCCCCC(=O)OC=Cc1ccccc1. The monoisotopic (exact) mass is 246 g/mol. The van der Waals surface area contributed by atoms with Crippen molar-refractivity contribution in [2.45, 2.75) is 45.4 Å². The van der Waals surface area contributed by atoms with Gasteiger partial charge in [-0.15, -0.1) is 0 Å². The van der Waals surface area contributed by atoms with E-state index in [0.717, 1.165) is 18.4 Å². The molecular weight excluding hydrogens is 224 g/mol. The van der Waals surface area contributed by atoms with Gasteiger partial charge in [-0.1, -0.05) is 62.9 Å². The van der Waals surface area contributed by atoms with Crippen molar-refractivity contribution >= 4 is 12.0 Å². The highest BCUT2D eigenvalue weighted by Crippen LogP contribution is 2.06. The Labute approximate surface area is 110 Å². The summed E-state index contributed by atoms with van der Waals surface area (Å²) < 4.78 is 5.03. The molecule has 98 valence electrons. The van der Waals surface area contributed by atoms with Gasteiger partial charge >= 0.3 is 5.97 Å². The van der Waals surface area contributed by atoms with Gasteiger partial charge in [0.15, 0.2) is 0 Å². The molecule has 0 amide bonds. The molecule has 0 aliphatic rings. The highest BCUT2D eigenvalue weighted by atomic mass is 16.5. The van der Waals surface area contributed by atoms with E-state index in [-0.39, 0.29) is 5.97 Å². The molecule has 1 aromatic rings. The van der Waals surface area contributed by atoms with E-state index in [4.69, 9.17) is 4.74 Å². The summed E-state index contributed by atoms with van der Waals surface area (Å²) in [6.07, 6.45) is 9.53. The zero-order valence-corrected chi connectivity index (χ0v) is 11.1. The largest absolute Gasteiger partial charge is 0.434 e. The number of benzene rings is 1. The van der Waals surface area contributed by atoms with Gasteiger partial charge in [0, 0.05) is 6.42 Å². The average Bonchev–Trinajstić information content (AvgIpc) is 2.40. The standard InChI is InChI=1S/C16H22O2/c1-2-3-4-5-9-12-16(17)18-14-13-15-10-7-6-8-11-15/h6-8,10-11,13-14H,2-5,9,12H2,1H3. The molecule has 0 unspecified atom stereocenters. The quantitative estimate of drug-likeness (QED) is 0.382. The number of esters is 1. The number of carbonyl (C=O) groups is 1. The number of ether oxygens (including phenoxy) is 1. The van der Waals surface area contributed by atoms with Gasteiger partial charge in [0.25, 0.3) is 0 Å². The van der Waals surface area contributed by atoms with E-state index in [0.29, 0.717) is 6.42 Å². The Hall–Kier alpha value is -1.57. The van der Waals surface area contributed by atoms with Crippen LogP contribution in [0.1, 0.15) is 51.0 Å². The molecule has 0 spiro atoms. The third kappa shape index (κ3) is 6.89. The predicted octanol–water partition coefficient (Wildman–Crippen LogP) is 4.56. The number of carbonyl (C=O) groups excluding carboxylic acids is 1. The summed E-state index contributed by atoms with van der Waals surface area (Å²) in [6, 6.07) is 9.80. The fourth-order valence-electron chi connectivity index (χ4n) is 1.68. The molecule has 0 saturated heterocycles. The van der Waals surface area contributed by atoms with Crippen molar-refractivity contribution < 1.29 is 9.53 Å². The molecule has 0 saturated carbocycles. The number of hydrogen-bond acceptors (Lipinski definition) is 2. The minimum Gasteiger partial charge on any atom is -0.434 e. The summed E-state index contributed by atoms with van der Waals surface area (Å²) in [5.74, 6) is -0.140. The number of hydrogen-bond donors (Lipinski definition) is 0. The fourth-order valence-corrected chi connectivity index (χ4v) is 1.68. The maximum Gasteiger partial charge on any atom is 0.310 e. The first-order valence-electron chi connectivity index (χ1n) is 6.74. The lowest BCUT2D eigenvalue weighted by Crippen LogP contribution is -1.98. The van der Waals surface area contributed by atoms with Crippen molar-refractivity contribution in [3.05, 3.63) is 42.2 Å². The Bertz CT molecular complexity index is 355. The molecular formula is C16H22O2. The second-order valence-corrected chi connectivity index (χ2v) is 4.37. The van der Waals surface area contributed by atoms with E-state index in [1.165, 1.54) is 25.5 Å². The highest BCUT2D eigenvalue weighted by molar-refractivity contribution is 5.70. The second-order valence-electron chi connectivity index (χ2n) is 4.37. The molecule has 1 aromatic carbocycles. The Balaban J connectivity index is 2.11. The van der Waals surface area contributed by atoms with Gasteiger partial charge < -0.3 is 4.74 Å². The van der Waals surface area contributed by atoms with Crippen molar-refractivity contribution in [1.29, 1.82) is 0 Å². The van der Waals surface area contributed by atoms with Gasteiger partial charge in [-0.25, -0.2) is 0 Å². The molecule has 0 fully saturated rings. The minimum absolute atomic E-state index is 0.140. The van der Waals surface area contributed by atoms with Crippen LogP contribution in [-0.4, -0.2) is 5.97 Å². The first-order valence-corrected chi connectivity index (χ1v) is 6.74. The van der Waals surface area contributed by atoms with E-state index in [9.17, 15) is 4.79 Å². The van der Waals surface area contributed by atoms with Crippen LogP contribution in [0.15, 0.2) is 36.6 Å². The molecule has 0 aliphatic carbocycles. The minimum atomic E-state index is -0.140. The maximum absolute atomic E-state index is 11.4. The van der Waals surface area contributed by atoms with Gasteiger partial charge in [0.2, 0.25) is 0 Å². The van der Waals surface area contributed by atoms with Crippen LogP contribution in [0.2, 0.25) is 0 Å². The van der Waals surface area contributed by atoms with Crippen LogP contribution >= 0.6 is 0 Å². The molecule has 0 atom stereocenters. The Morgan fingerprint density at radius 1 is 1.11 bits per heavy atom. The van der Waals surface area contributed by atoms with Crippen molar-refractivity contribution in [1.82, 2.24) is 0 Å². The summed E-state index contributed by atoms with van der Waals surface area (Å²) in [5.41, 5.74) is 1.04. The van der Waals surface area contributed by atoms with Gasteiger partial charge in [-0.2, -0.15) is 0 Å². The van der Waals surface area contributed by atoms with E-state index in [2.05, 4.69) is 6.92 Å². The summed E-state index contributed by atoms with van der Waals surface area (Å²) in [5, 5.41) is 0. The Morgan fingerprint density at radius 3 is 2.56 bits per heavy atom. The molecule has 2 heteroatoms. The van der Waals surface area contributed by atoms with E-state index in [1.54, 1.807) is 6.08 Å². The normalized spacial score (nSPS) is 10.7. The molecule has 0 N–H and O–H groups in total. The van der Waals surface area contributed by atoms with Crippen molar-refractivity contribution in [2.75, 3.05) is 0 Å². The van der Waals surface area contributed by atoms with Crippen LogP contribution in [-0.2, 0) is 9.53 Å². The first-order chi connectivity index (χ1) is 8.83. The van der Waals surface area contributed by atoms with Gasteiger partial charge in [-0.3, -0.25) is 4.79 Å². The lowest BCUT2D eigenvalue weighted by Gasteiger charge is -2.00. The lowest BCUT2D eigenvalue weighted by molar-refractivity contribution is -0.138. The summed E-state index contributed by atoms with van der Waals surface area (Å²) in [6.45, 7) is 2.18. The number of unbranched alkanes of at least 4 members (excludes halogenated alkanes) is 4. The second kappa shape index (κ2) is 9.46. The smallest absolute Gasteiger partial charge is 0.310 e. The first kappa shape index (κ1) is 14.5. The zero-order valence-electron chi connectivity index (χ0n) is 11.1. The van der Waals surface area contributed by atoms with Gasteiger partial charge in [-0.05, 0) is 18.1 Å². The molecule has 2 nitrogen and oxygen atoms in total. The Kier molecular flexibility index (Phi) is 7.61. The molecule has 0 radical (unpaired) electrons. The van der Waals surface area contributed by atoms with Crippen LogP contribution in [0, 0.1) is 0 Å². The van der Waals surface area contributed by atoms with E-state index < -0.39 is 0 Å². The topological polar surface area (TPSA) is 26.3 Å².